The number of benzene rings is 2. The number of allylic oxidation sites excluding steroid dienone is 1. The molecular weight excluding hydrogens is 244 g/mol. The fourth-order valence-corrected chi connectivity index (χ4v) is 6.35. The van der Waals surface area contributed by atoms with E-state index in [0.717, 1.165) is 0 Å². The van der Waals surface area contributed by atoms with Gasteiger partial charge < -0.3 is 0 Å². The third-order valence-corrected chi connectivity index (χ3v) is 7.74. The van der Waals surface area contributed by atoms with E-state index >= 15 is 0 Å². The first-order valence-electron chi connectivity index (χ1n) is 6.93. The Morgan fingerprint density at radius 2 is 1.53 bits per heavy atom. The first-order valence-corrected chi connectivity index (χ1v) is 9.93. The lowest BCUT2D eigenvalue weighted by Crippen LogP contribution is -2.49. The summed E-state index contributed by atoms with van der Waals surface area (Å²) in [6.45, 7) is 9.21. The minimum atomic E-state index is -1.51. The SMILES string of the molecule is C/C=C/c1ccc2c(c1)[Si](C)(C)c1cc(C)ccc1-2. The van der Waals surface area contributed by atoms with E-state index < -0.39 is 8.07 Å². The maximum atomic E-state index is 2.47. The average molecular weight is 264 g/mol. The lowest BCUT2D eigenvalue weighted by atomic mass is 10.0. The van der Waals surface area contributed by atoms with Gasteiger partial charge in [-0.05, 0) is 40.9 Å². The molecule has 3 rings (SSSR count). The summed E-state index contributed by atoms with van der Waals surface area (Å²) in [5, 5.41) is 3.18. The van der Waals surface area contributed by atoms with Crippen LogP contribution in [0.15, 0.2) is 42.5 Å². The molecule has 1 aliphatic rings. The Balaban J connectivity index is 2.27. The van der Waals surface area contributed by atoms with Gasteiger partial charge in [0.15, 0.2) is 0 Å². The van der Waals surface area contributed by atoms with Crippen molar-refractivity contribution in [2.24, 2.45) is 0 Å². The van der Waals surface area contributed by atoms with Gasteiger partial charge >= 0.3 is 0 Å². The maximum absolute atomic E-state index is 2.47. The fraction of sp³-hybridized carbons (Fsp3) is 0.222. The van der Waals surface area contributed by atoms with E-state index in [4.69, 9.17) is 0 Å². The first-order chi connectivity index (χ1) is 9.04. The van der Waals surface area contributed by atoms with Crippen molar-refractivity contribution in [3.05, 3.63) is 53.6 Å². The summed E-state index contributed by atoms with van der Waals surface area (Å²) in [4.78, 5) is 0. The molecule has 0 aromatic heterocycles. The topological polar surface area (TPSA) is 0 Å². The van der Waals surface area contributed by atoms with Crippen molar-refractivity contribution in [1.82, 2.24) is 0 Å². The molecule has 0 nitrogen and oxygen atoms in total. The zero-order valence-electron chi connectivity index (χ0n) is 12.1. The summed E-state index contributed by atoms with van der Waals surface area (Å²) in [5.74, 6) is 0. The molecule has 0 saturated heterocycles. The van der Waals surface area contributed by atoms with Crippen LogP contribution in [0.1, 0.15) is 18.1 Å². The van der Waals surface area contributed by atoms with Crippen LogP contribution in [0.25, 0.3) is 17.2 Å². The van der Waals surface area contributed by atoms with Crippen molar-refractivity contribution in [2.75, 3.05) is 0 Å². The van der Waals surface area contributed by atoms with Crippen LogP contribution in [-0.4, -0.2) is 8.07 Å². The number of fused-ring (bicyclic) bond motifs is 3. The molecule has 2 aromatic carbocycles. The van der Waals surface area contributed by atoms with Crippen LogP contribution >= 0.6 is 0 Å². The average Bonchev–Trinajstić information content (AvgIpc) is 2.59. The van der Waals surface area contributed by atoms with Gasteiger partial charge in [-0.2, -0.15) is 0 Å². The van der Waals surface area contributed by atoms with Gasteiger partial charge in [-0.1, -0.05) is 67.2 Å². The van der Waals surface area contributed by atoms with Crippen molar-refractivity contribution < 1.29 is 0 Å². The monoisotopic (exact) mass is 264 g/mol. The Bertz CT molecular complexity index is 678. The zero-order chi connectivity index (χ0) is 13.6. The standard InChI is InChI=1S/C18H20Si/c1-5-6-14-8-10-16-15-9-7-13(2)11-17(15)19(3,4)18(16)12-14/h5-12H,1-4H3/b6-5+. The van der Waals surface area contributed by atoms with Gasteiger partial charge in [0, 0.05) is 0 Å². The molecule has 0 unspecified atom stereocenters. The van der Waals surface area contributed by atoms with Crippen LogP contribution in [0.4, 0.5) is 0 Å². The number of rotatable bonds is 1. The molecule has 0 N–H and O–H groups in total. The van der Waals surface area contributed by atoms with Gasteiger partial charge in [0.1, 0.15) is 8.07 Å². The van der Waals surface area contributed by atoms with Crippen molar-refractivity contribution in [2.45, 2.75) is 26.9 Å². The van der Waals surface area contributed by atoms with E-state index in [1.165, 1.54) is 22.3 Å². The normalized spacial score (nSPS) is 15.6. The lowest BCUT2D eigenvalue weighted by molar-refractivity contribution is 1.49. The number of aryl methyl sites for hydroxylation is 1. The Kier molecular flexibility index (Phi) is 2.75. The van der Waals surface area contributed by atoms with Gasteiger partial charge in [-0.15, -0.1) is 0 Å². The van der Waals surface area contributed by atoms with Crippen LogP contribution < -0.4 is 10.4 Å². The number of hydrogen-bond donors (Lipinski definition) is 0. The van der Waals surface area contributed by atoms with Gasteiger partial charge in [0.05, 0.1) is 0 Å². The molecule has 0 saturated carbocycles. The second kappa shape index (κ2) is 4.21. The van der Waals surface area contributed by atoms with E-state index in [9.17, 15) is 0 Å². The molecule has 1 heteroatoms. The maximum Gasteiger partial charge on any atom is 0.113 e. The molecular formula is C18H20Si. The summed E-state index contributed by atoms with van der Waals surface area (Å²) < 4.78 is 0. The predicted molar refractivity (Wildman–Crippen MR) is 88.1 cm³/mol. The van der Waals surface area contributed by atoms with Gasteiger partial charge in [0.2, 0.25) is 0 Å². The zero-order valence-corrected chi connectivity index (χ0v) is 13.1. The third kappa shape index (κ3) is 1.80. The Morgan fingerprint density at radius 3 is 2.21 bits per heavy atom. The molecule has 0 fully saturated rings. The van der Waals surface area contributed by atoms with E-state index in [2.05, 4.69) is 75.5 Å². The first kappa shape index (κ1) is 12.4. The molecule has 96 valence electrons. The van der Waals surface area contributed by atoms with Crippen LogP contribution in [0, 0.1) is 6.92 Å². The van der Waals surface area contributed by atoms with E-state index in [0.29, 0.717) is 0 Å². The highest BCUT2D eigenvalue weighted by Gasteiger charge is 2.37. The van der Waals surface area contributed by atoms with E-state index in [-0.39, 0.29) is 0 Å². The summed E-state index contributed by atoms with van der Waals surface area (Å²) in [7, 11) is -1.51. The molecule has 0 atom stereocenters. The highest BCUT2D eigenvalue weighted by Crippen LogP contribution is 2.29. The second-order valence-electron chi connectivity index (χ2n) is 5.98. The minimum Gasteiger partial charge on any atom is -0.0871 e. The molecule has 0 bridgehead atoms. The van der Waals surface area contributed by atoms with Gasteiger partial charge in [-0.3, -0.25) is 0 Å². The van der Waals surface area contributed by atoms with Gasteiger partial charge in [-0.25, -0.2) is 0 Å². The Labute approximate surface area is 116 Å². The van der Waals surface area contributed by atoms with E-state index in [1.807, 2.05) is 0 Å². The quantitative estimate of drug-likeness (QED) is 0.687. The highest BCUT2D eigenvalue weighted by atomic mass is 28.3. The van der Waals surface area contributed by atoms with Crippen LogP contribution in [0.5, 0.6) is 0 Å². The summed E-state index contributed by atoms with van der Waals surface area (Å²) >= 11 is 0. The van der Waals surface area contributed by atoms with Gasteiger partial charge in [0.25, 0.3) is 0 Å². The third-order valence-electron chi connectivity index (χ3n) is 4.21. The smallest absolute Gasteiger partial charge is 0.0871 e. The molecule has 1 aliphatic heterocycles. The van der Waals surface area contributed by atoms with Crippen molar-refractivity contribution >= 4 is 24.5 Å². The van der Waals surface area contributed by atoms with E-state index in [1.54, 1.807) is 10.4 Å². The summed E-state index contributed by atoms with van der Waals surface area (Å²) in [6, 6.07) is 13.9. The van der Waals surface area contributed by atoms with Crippen LogP contribution in [-0.2, 0) is 0 Å². The molecule has 1 heterocycles. The van der Waals surface area contributed by atoms with Crippen molar-refractivity contribution in [1.29, 1.82) is 0 Å². The summed E-state index contributed by atoms with van der Waals surface area (Å²) in [5.41, 5.74) is 5.62. The van der Waals surface area contributed by atoms with Crippen LogP contribution in [0.2, 0.25) is 13.1 Å². The highest BCUT2D eigenvalue weighted by molar-refractivity contribution is 7.03. The van der Waals surface area contributed by atoms with Crippen molar-refractivity contribution in [3.63, 3.8) is 0 Å². The van der Waals surface area contributed by atoms with Crippen molar-refractivity contribution in [3.8, 4) is 11.1 Å². The predicted octanol–water partition coefficient (Wildman–Crippen LogP) is 3.83. The fourth-order valence-electron chi connectivity index (χ4n) is 3.17. The molecule has 0 radical (unpaired) electrons. The lowest BCUT2D eigenvalue weighted by Gasteiger charge is -2.19. The Hall–Kier alpha value is -1.60. The molecule has 2 aromatic rings. The summed E-state index contributed by atoms with van der Waals surface area (Å²) in [6.07, 6.45) is 4.31. The number of hydrogen-bond acceptors (Lipinski definition) is 0. The Morgan fingerprint density at radius 1 is 0.895 bits per heavy atom. The molecule has 0 spiro atoms. The molecule has 0 aliphatic carbocycles. The molecule has 0 amide bonds. The van der Waals surface area contributed by atoms with Crippen LogP contribution in [0.3, 0.4) is 0 Å². The molecule has 19 heavy (non-hydrogen) atoms. The minimum absolute atomic E-state index is 1.33. The largest absolute Gasteiger partial charge is 0.113 e. The second-order valence-corrected chi connectivity index (χ2v) is 10.3.